The molecule has 0 saturated carbocycles. The Labute approximate surface area is 141 Å². The lowest BCUT2D eigenvalue weighted by atomic mass is 10.1. The van der Waals surface area contributed by atoms with Crippen LogP contribution in [0.25, 0.3) is 0 Å². The fourth-order valence-corrected chi connectivity index (χ4v) is 3.42. The summed E-state index contributed by atoms with van der Waals surface area (Å²) in [5.41, 5.74) is 2.47. The Morgan fingerprint density at radius 3 is 2.96 bits per heavy atom. The second kappa shape index (κ2) is 7.02. The van der Waals surface area contributed by atoms with E-state index in [0.29, 0.717) is 25.1 Å². The minimum absolute atomic E-state index is 0.0800. The first-order chi connectivity index (χ1) is 11.6. The van der Waals surface area contributed by atoms with Gasteiger partial charge in [-0.3, -0.25) is 9.59 Å². The van der Waals surface area contributed by atoms with E-state index in [1.807, 2.05) is 12.1 Å². The second-order valence-electron chi connectivity index (χ2n) is 6.23. The molecular formula is C18H21N3O3. The summed E-state index contributed by atoms with van der Waals surface area (Å²) < 4.78 is 5.26. The average Bonchev–Trinajstić information content (AvgIpc) is 2.95. The van der Waals surface area contributed by atoms with Crippen LogP contribution >= 0.6 is 0 Å². The first-order valence-electron chi connectivity index (χ1n) is 8.29. The predicted molar refractivity (Wildman–Crippen MR) is 88.4 cm³/mol. The van der Waals surface area contributed by atoms with Crippen molar-refractivity contribution in [2.45, 2.75) is 31.8 Å². The van der Waals surface area contributed by atoms with Crippen molar-refractivity contribution in [3.63, 3.8) is 0 Å². The summed E-state index contributed by atoms with van der Waals surface area (Å²) in [4.78, 5) is 28.5. The van der Waals surface area contributed by atoms with Crippen molar-refractivity contribution in [2.75, 3.05) is 31.6 Å². The van der Waals surface area contributed by atoms with Gasteiger partial charge in [-0.25, -0.2) is 0 Å². The summed E-state index contributed by atoms with van der Waals surface area (Å²) in [6.45, 7) is 1.27. The number of carbonyl (C=O) groups excluding carboxylic acids is 2. The molecule has 1 fully saturated rings. The number of fused-ring (bicyclic) bond motifs is 1. The minimum atomic E-state index is -0.440. The molecule has 0 bridgehead atoms. The summed E-state index contributed by atoms with van der Waals surface area (Å²) >= 11 is 0. The molecule has 24 heavy (non-hydrogen) atoms. The lowest BCUT2D eigenvalue weighted by Crippen LogP contribution is -2.45. The number of amides is 2. The summed E-state index contributed by atoms with van der Waals surface area (Å²) in [5.74, 6) is -0.175. The third-order valence-corrected chi connectivity index (χ3v) is 4.75. The Balaban J connectivity index is 1.72. The third-order valence-electron chi connectivity index (χ3n) is 4.75. The molecule has 1 aromatic rings. The lowest BCUT2D eigenvalue weighted by molar-refractivity contribution is -0.143. The zero-order valence-electron chi connectivity index (χ0n) is 13.8. The number of hydrogen-bond acceptors (Lipinski definition) is 4. The molecule has 3 rings (SSSR count). The van der Waals surface area contributed by atoms with Gasteiger partial charge in [-0.15, -0.1) is 0 Å². The molecule has 126 valence electrons. The highest BCUT2D eigenvalue weighted by Gasteiger charge is 2.31. The molecule has 1 saturated heterocycles. The first kappa shape index (κ1) is 16.5. The second-order valence-corrected chi connectivity index (χ2v) is 6.23. The van der Waals surface area contributed by atoms with Crippen molar-refractivity contribution >= 4 is 17.5 Å². The number of rotatable bonds is 3. The fraction of sp³-hybridized carbons (Fsp3) is 0.500. The number of nitriles is 1. The molecule has 0 N–H and O–H groups in total. The molecule has 2 heterocycles. The van der Waals surface area contributed by atoms with Gasteiger partial charge in [0.25, 0.3) is 5.91 Å². The molecule has 6 heteroatoms. The van der Waals surface area contributed by atoms with Crippen molar-refractivity contribution in [2.24, 2.45) is 0 Å². The van der Waals surface area contributed by atoms with Gasteiger partial charge >= 0.3 is 0 Å². The van der Waals surface area contributed by atoms with Gasteiger partial charge in [0.1, 0.15) is 12.6 Å². The molecular weight excluding hydrogens is 306 g/mol. The maximum absolute atomic E-state index is 12.7. The smallest absolute Gasteiger partial charge is 0.252 e. The van der Waals surface area contributed by atoms with Gasteiger partial charge in [0.15, 0.2) is 0 Å². The van der Waals surface area contributed by atoms with Crippen molar-refractivity contribution in [3.05, 3.63) is 29.3 Å². The van der Waals surface area contributed by atoms with Gasteiger partial charge in [-0.1, -0.05) is 0 Å². The number of benzene rings is 1. The Hall–Kier alpha value is -2.39. The third kappa shape index (κ3) is 3.13. The van der Waals surface area contributed by atoms with Crippen LogP contribution in [0.2, 0.25) is 0 Å². The minimum Gasteiger partial charge on any atom is -0.372 e. The van der Waals surface area contributed by atoms with E-state index >= 15 is 0 Å². The van der Waals surface area contributed by atoms with Gasteiger partial charge < -0.3 is 14.5 Å². The monoisotopic (exact) mass is 327 g/mol. The highest BCUT2D eigenvalue weighted by atomic mass is 16.5. The molecule has 0 aliphatic carbocycles. The molecule has 2 aliphatic rings. The number of ether oxygens (including phenoxy) is 1. The van der Waals surface area contributed by atoms with Gasteiger partial charge in [0.2, 0.25) is 5.91 Å². The Morgan fingerprint density at radius 2 is 2.21 bits per heavy atom. The van der Waals surface area contributed by atoms with Crippen LogP contribution in [-0.2, 0) is 20.7 Å². The van der Waals surface area contributed by atoms with E-state index < -0.39 is 6.10 Å². The molecule has 0 spiro atoms. The van der Waals surface area contributed by atoms with Crippen molar-refractivity contribution in [1.82, 2.24) is 4.90 Å². The summed E-state index contributed by atoms with van der Waals surface area (Å²) in [7, 11) is 1.54. The van der Waals surface area contributed by atoms with Crippen LogP contribution < -0.4 is 4.90 Å². The number of nitrogens with zero attached hydrogens (tertiary/aromatic N) is 3. The van der Waals surface area contributed by atoms with Crippen molar-refractivity contribution < 1.29 is 14.3 Å². The zero-order chi connectivity index (χ0) is 17.1. The van der Waals surface area contributed by atoms with Crippen LogP contribution in [0.1, 0.15) is 30.4 Å². The van der Waals surface area contributed by atoms with Crippen molar-refractivity contribution in [1.29, 1.82) is 5.26 Å². The number of methoxy groups -OCH3 is 1. The lowest BCUT2D eigenvalue weighted by Gasteiger charge is -2.26. The van der Waals surface area contributed by atoms with E-state index in [2.05, 4.69) is 6.07 Å². The zero-order valence-corrected chi connectivity index (χ0v) is 13.8. The van der Waals surface area contributed by atoms with E-state index in [1.165, 1.54) is 7.11 Å². The van der Waals surface area contributed by atoms with Crippen LogP contribution in [-0.4, -0.2) is 49.6 Å². The molecule has 1 aromatic carbocycles. The highest BCUT2D eigenvalue weighted by molar-refractivity contribution is 5.98. The number of likely N-dealkylation sites (tertiary alicyclic amines) is 1. The van der Waals surface area contributed by atoms with Crippen LogP contribution in [0.4, 0.5) is 5.69 Å². The molecule has 6 nitrogen and oxygen atoms in total. The molecule has 1 unspecified atom stereocenters. The van der Waals surface area contributed by atoms with Crippen LogP contribution in [0.15, 0.2) is 18.2 Å². The van der Waals surface area contributed by atoms with E-state index in [9.17, 15) is 9.59 Å². The summed E-state index contributed by atoms with van der Waals surface area (Å²) in [6, 6.07) is 7.50. The predicted octanol–water partition coefficient (Wildman–Crippen LogP) is 1.47. The van der Waals surface area contributed by atoms with E-state index in [4.69, 9.17) is 10.00 Å². The normalized spacial score (nSPS) is 20.5. The number of hydrogen-bond donors (Lipinski definition) is 0. The molecule has 2 amide bonds. The quantitative estimate of drug-likeness (QED) is 0.843. The van der Waals surface area contributed by atoms with Crippen LogP contribution in [0, 0.1) is 11.3 Å². The van der Waals surface area contributed by atoms with Gasteiger partial charge in [0, 0.05) is 25.9 Å². The fourth-order valence-electron chi connectivity index (χ4n) is 3.42. The first-order valence-corrected chi connectivity index (χ1v) is 8.29. The van der Waals surface area contributed by atoms with E-state index in [-0.39, 0.29) is 18.4 Å². The molecule has 1 atom stereocenters. The maximum Gasteiger partial charge on any atom is 0.252 e. The topological polar surface area (TPSA) is 73.6 Å². The van der Waals surface area contributed by atoms with E-state index in [1.54, 1.807) is 15.9 Å². The van der Waals surface area contributed by atoms with Crippen molar-refractivity contribution in [3.8, 4) is 6.07 Å². The molecule has 0 radical (unpaired) electrons. The Morgan fingerprint density at radius 1 is 1.38 bits per heavy atom. The number of carbonyl (C=O) groups is 2. The largest absolute Gasteiger partial charge is 0.372 e. The summed E-state index contributed by atoms with van der Waals surface area (Å²) in [6.07, 6.45) is 2.83. The maximum atomic E-state index is 12.7. The van der Waals surface area contributed by atoms with Crippen LogP contribution in [0.5, 0.6) is 0 Å². The average molecular weight is 327 g/mol. The van der Waals surface area contributed by atoms with E-state index in [0.717, 1.165) is 30.5 Å². The Bertz CT molecular complexity index is 695. The van der Waals surface area contributed by atoms with Gasteiger partial charge in [0.05, 0.1) is 11.6 Å². The number of anilines is 1. The van der Waals surface area contributed by atoms with Crippen LogP contribution in [0.3, 0.4) is 0 Å². The Kier molecular flexibility index (Phi) is 4.81. The van der Waals surface area contributed by atoms with Gasteiger partial charge in [-0.2, -0.15) is 5.26 Å². The highest BCUT2D eigenvalue weighted by Crippen LogP contribution is 2.29. The SMILES string of the molecule is COC1CCCCN(CC(=O)N2CCc3cc(C#N)ccc32)C1=O. The molecule has 2 aliphatic heterocycles. The molecule has 0 aromatic heterocycles. The standard InChI is InChI=1S/C18H21N3O3/c1-24-16-4-2-3-8-20(18(16)23)12-17(22)21-9-7-14-10-13(11-19)5-6-15(14)21/h5-6,10,16H,2-4,7-9,12H2,1H3. The van der Waals surface area contributed by atoms with Gasteiger partial charge in [-0.05, 0) is 49.4 Å². The summed E-state index contributed by atoms with van der Waals surface area (Å²) in [5, 5.41) is 8.98.